The first-order valence-corrected chi connectivity index (χ1v) is 16.1. The van der Waals surface area contributed by atoms with Crippen molar-refractivity contribution in [3.8, 4) is 5.75 Å². The number of hydrogen-bond acceptors (Lipinski definition) is 7. The summed E-state index contributed by atoms with van der Waals surface area (Å²) in [6, 6.07) is 9.35. The molecule has 2 aromatic rings. The summed E-state index contributed by atoms with van der Waals surface area (Å²) in [6.07, 6.45) is 12.0. The van der Waals surface area contributed by atoms with Crippen LogP contribution in [0, 0.1) is 17.8 Å². The van der Waals surface area contributed by atoms with Crippen LogP contribution in [-0.2, 0) is 30.3 Å². The SMILES string of the molecule is COC(=O)[C@@H]1C[C@@H]2CN1C(=O)[C@H](C1CCCC1)CC(=O)O[C@H]1CCC[C@@H]1CCCCCc1nc3ccccc3cc1O2. The van der Waals surface area contributed by atoms with Gasteiger partial charge in [0.25, 0.3) is 0 Å². The number of aromatic nitrogens is 1. The molecular weight excluding hydrogens is 532 g/mol. The molecule has 2 bridgehead atoms. The minimum atomic E-state index is -0.745. The van der Waals surface area contributed by atoms with Crippen molar-refractivity contribution in [2.75, 3.05) is 13.7 Å². The van der Waals surface area contributed by atoms with Gasteiger partial charge in [-0.15, -0.1) is 0 Å². The third-order valence-electron chi connectivity index (χ3n) is 10.1. The van der Waals surface area contributed by atoms with Crippen molar-refractivity contribution in [2.24, 2.45) is 17.8 Å². The number of esters is 2. The second-order valence-electron chi connectivity index (χ2n) is 12.8. The molecule has 1 aromatic carbocycles. The number of amides is 1. The molecule has 5 atom stereocenters. The molecule has 0 N–H and O–H groups in total. The number of hydrogen-bond donors (Lipinski definition) is 0. The normalized spacial score (nSPS) is 29.7. The second kappa shape index (κ2) is 13.0. The Balaban J connectivity index is 1.33. The Morgan fingerprint density at radius 1 is 0.929 bits per heavy atom. The predicted molar refractivity (Wildman–Crippen MR) is 158 cm³/mol. The van der Waals surface area contributed by atoms with Crippen LogP contribution < -0.4 is 4.74 Å². The van der Waals surface area contributed by atoms with Gasteiger partial charge in [0.15, 0.2) is 0 Å². The molecule has 226 valence electrons. The largest absolute Gasteiger partial charge is 0.487 e. The number of nitrogens with zero attached hydrogens (tertiary/aromatic N) is 2. The van der Waals surface area contributed by atoms with Crippen molar-refractivity contribution >= 4 is 28.7 Å². The van der Waals surface area contributed by atoms with Crippen LogP contribution in [0.4, 0.5) is 0 Å². The summed E-state index contributed by atoms with van der Waals surface area (Å²) < 4.78 is 17.8. The maximum absolute atomic E-state index is 14.3. The highest BCUT2D eigenvalue weighted by atomic mass is 16.5. The number of aryl methyl sites for hydroxylation is 1. The van der Waals surface area contributed by atoms with Gasteiger partial charge < -0.3 is 19.1 Å². The van der Waals surface area contributed by atoms with Gasteiger partial charge in [-0.25, -0.2) is 9.78 Å². The highest BCUT2D eigenvalue weighted by Gasteiger charge is 2.46. The first-order chi connectivity index (χ1) is 20.5. The minimum Gasteiger partial charge on any atom is -0.487 e. The number of carbonyl (C=O) groups is 3. The van der Waals surface area contributed by atoms with E-state index in [4.69, 9.17) is 19.2 Å². The first kappa shape index (κ1) is 28.9. The third-order valence-corrected chi connectivity index (χ3v) is 10.1. The van der Waals surface area contributed by atoms with Crippen molar-refractivity contribution in [2.45, 2.75) is 108 Å². The van der Waals surface area contributed by atoms with Crippen molar-refractivity contribution in [1.82, 2.24) is 9.88 Å². The molecule has 3 heterocycles. The molecule has 42 heavy (non-hydrogen) atoms. The molecule has 1 amide bonds. The highest BCUT2D eigenvalue weighted by molar-refractivity contribution is 5.89. The van der Waals surface area contributed by atoms with E-state index in [2.05, 4.69) is 0 Å². The lowest BCUT2D eigenvalue weighted by molar-refractivity contribution is -0.158. The zero-order chi connectivity index (χ0) is 29.1. The fourth-order valence-corrected chi connectivity index (χ4v) is 7.87. The van der Waals surface area contributed by atoms with E-state index in [0.29, 0.717) is 12.3 Å². The molecule has 2 saturated carbocycles. The molecule has 2 aliphatic heterocycles. The van der Waals surface area contributed by atoms with Crippen LogP contribution >= 0.6 is 0 Å². The Morgan fingerprint density at radius 3 is 2.52 bits per heavy atom. The van der Waals surface area contributed by atoms with Gasteiger partial charge >= 0.3 is 11.9 Å². The standard InChI is InChI=1S/C34H44N2O6/c1-40-34(39)29-19-25-21-36(29)33(38)26(22-10-5-6-11-22)20-32(37)42-30-17-9-14-23(30)12-3-2-4-16-28-31(41-25)18-24-13-7-8-15-27(24)35-28/h7-8,13,15,18,22-23,25-26,29-30H,2-6,9-12,14,16-17,19-21H2,1H3/t23-,25+,26-,29-,30-/m0/s1. The van der Waals surface area contributed by atoms with E-state index in [-0.39, 0.29) is 43.0 Å². The van der Waals surface area contributed by atoms with E-state index in [1.165, 1.54) is 7.11 Å². The molecule has 4 aliphatic rings. The van der Waals surface area contributed by atoms with Crippen LogP contribution in [0.3, 0.4) is 0 Å². The number of methoxy groups -OCH3 is 1. The van der Waals surface area contributed by atoms with Crippen molar-refractivity contribution in [3.63, 3.8) is 0 Å². The average molecular weight is 577 g/mol. The van der Waals surface area contributed by atoms with Gasteiger partial charge in [-0.3, -0.25) is 9.59 Å². The molecule has 0 spiro atoms. The van der Waals surface area contributed by atoms with Crippen LogP contribution in [0.2, 0.25) is 0 Å². The lowest BCUT2D eigenvalue weighted by Gasteiger charge is -2.30. The van der Waals surface area contributed by atoms with Crippen molar-refractivity contribution < 1.29 is 28.6 Å². The fourth-order valence-electron chi connectivity index (χ4n) is 7.87. The maximum atomic E-state index is 14.3. The quantitative estimate of drug-likeness (QED) is 0.418. The molecule has 1 aromatic heterocycles. The van der Waals surface area contributed by atoms with E-state index in [0.717, 1.165) is 99.4 Å². The van der Waals surface area contributed by atoms with Crippen LogP contribution in [0.15, 0.2) is 30.3 Å². The average Bonchev–Trinajstić information content (AvgIpc) is 3.77. The number of fused-ring (bicyclic) bond motifs is 5. The third kappa shape index (κ3) is 6.28. The Bertz CT molecular complexity index is 1290. The summed E-state index contributed by atoms with van der Waals surface area (Å²) in [7, 11) is 1.36. The maximum Gasteiger partial charge on any atom is 0.328 e. The topological polar surface area (TPSA) is 95.0 Å². The number of pyridine rings is 1. The van der Waals surface area contributed by atoms with E-state index in [1.54, 1.807) is 4.90 Å². The molecule has 8 nitrogen and oxygen atoms in total. The zero-order valence-electron chi connectivity index (χ0n) is 24.8. The van der Waals surface area contributed by atoms with Crippen LogP contribution in [0.5, 0.6) is 5.75 Å². The lowest BCUT2D eigenvalue weighted by Crippen LogP contribution is -2.46. The molecule has 0 radical (unpaired) electrons. The van der Waals surface area contributed by atoms with E-state index in [1.807, 2.05) is 30.3 Å². The molecule has 3 fully saturated rings. The van der Waals surface area contributed by atoms with Crippen LogP contribution in [0.1, 0.15) is 89.2 Å². The summed E-state index contributed by atoms with van der Waals surface area (Å²) in [5.41, 5.74) is 1.86. The Hall–Kier alpha value is -3.16. The molecular formula is C34H44N2O6. The number of carbonyl (C=O) groups excluding carboxylic acids is 3. The van der Waals surface area contributed by atoms with Gasteiger partial charge in [-0.05, 0) is 75.3 Å². The minimum absolute atomic E-state index is 0.0585. The van der Waals surface area contributed by atoms with Gasteiger partial charge in [-0.2, -0.15) is 0 Å². The van der Waals surface area contributed by atoms with Gasteiger partial charge in [0.2, 0.25) is 5.91 Å². The highest BCUT2D eigenvalue weighted by Crippen LogP contribution is 2.38. The number of ether oxygens (including phenoxy) is 3. The summed E-state index contributed by atoms with van der Waals surface area (Å²) in [5, 5.41) is 1.00. The number of para-hydroxylation sites is 1. The smallest absolute Gasteiger partial charge is 0.328 e. The number of benzene rings is 1. The summed E-state index contributed by atoms with van der Waals surface area (Å²) in [6.45, 7) is 0.272. The van der Waals surface area contributed by atoms with Crippen LogP contribution in [0.25, 0.3) is 10.9 Å². The number of rotatable bonds is 2. The van der Waals surface area contributed by atoms with Crippen LogP contribution in [-0.4, -0.2) is 59.6 Å². The summed E-state index contributed by atoms with van der Waals surface area (Å²) >= 11 is 0. The van der Waals surface area contributed by atoms with Crippen molar-refractivity contribution in [1.29, 1.82) is 0 Å². The Kier molecular flexibility index (Phi) is 8.96. The van der Waals surface area contributed by atoms with E-state index in [9.17, 15) is 14.4 Å². The molecule has 6 rings (SSSR count). The molecule has 1 saturated heterocycles. The molecule has 0 unspecified atom stereocenters. The summed E-state index contributed by atoms with van der Waals surface area (Å²) in [4.78, 5) is 47.2. The second-order valence-corrected chi connectivity index (χ2v) is 12.8. The predicted octanol–water partition coefficient (Wildman–Crippen LogP) is 5.78. The van der Waals surface area contributed by atoms with Gasteiger partial charge in [0.1, 0.15) is 24.0 Å². The lowest BCUT2D eigenvalue weighted by atomic mass is 9.86. The van der Waals surface area contributed by atoms with E-state index < -0.39 is 17.9 Å². The first-order valence-electron chi connectivity index (χ1n) is 16.1. The van der Waals surface area contributed by atoms with Gasteiger partial charge in [0.05, 0.1) is 37.2 Å². The Morgan fingerprint density at radius 2 is 1.69 bits per heavy atom. The fraction of sp³-hybridized carbons (Fsp3) is 0.647. The van der Waals surface area contributed by atoms with E-state index >= 15 is 0 Å². The zero-order valence-corrected chi connectivity index (χ0v) is 24.8. The molecule has 8 heteroatoms. The monoisotopic (exact) mass is 576 g/mol. The summed E-state index contributed by atoms with van der Waals surface area (Å²) in [5.74, 6) is -0.141. The van der Waals surface area contributed by atoms with Gasteiger partial charge in [-0.1, -0.05) is 43.9 Å². The molecule has 2 aliphatic carbocycles. The Labute approximate surface area is 248 Å². The van der Waals surface area contributed by atoms with Crippen molar-refractivity contribution in [3.05, 3.63) is 36.0 Å². The van der Waals surface area contributed by atoms with Gasteiger partial charge in [0, 0.05) is 11.8 Å².